The van der Waals surface area contributed by atoms with E-state index in [1.165, 1.54) is 6.92 Å². The number of halogens is 1. The molecule has 0 saturated carbocycles. The molecule has 0 amide bonds. The Hall–Kier alpha value is -0.330. The summed E-state index contributed by atoms with van der Waals surface area (Å²) in [6.45, 7) is 5.39. The number of carbonyl (C=O) groups is 1. The molecule has 12 heavy (non-hydrogen) atoms. The van der Waals surface area contributed by atoms with Crippen molar-refractivity contribution in [3.05, 3.63) is 0 Å². The molecule has 2 nitrogen and oxygen atoms in total. The molecule has 0 aromatic carbocycles. The number of hydrogen-bond donors (Lipinski definition) is 0. The number of carbonyl (C=O) groups excluding carboxylic acids is 1. The summed E-state index contributed by atoms with van der Waals surface area (Å²) in [6.07, 6.45) is 5.04. The largest absolute Gasteiger partial charge is 0.361 e. The van der Waals surface area contributed by atoms with Crippen molar-refractivity contribution in [1.82, 2.24) is 0 Å². The topological polar surface area (TPSA) is 26.3 Å². The molecule has 0 bridgehead atoms. The number of rotatable bonds is 4. The van der Waals surface area contributed by atoms with E-state index in [4.69, 9.17) is 11.2 Å². The summed E-state index contributed by atoms with van der Waals surface area (Å²) in [5, 5.41) is 0. The quantitative estimate of drug-likeness (QED) is 0.546. The monoisotopic (exact) mass is 232 g/mol. The predicted octanol–water partition coefficient (Wildman–Crippen LogP) is 1.77. The number of alkyl halides is 1. The van der Waals surface area contributed by atoms with Crippen molar-refractivity contribution in [2.75, 3.05) is 6.61 Å². The van der Waals surface area contributed by atoms with Crippen LogP contribution in [0.25, 0.3) is 0 Å². The molecule has 0 rings (SSSR count). The third-order valence-corrected chi connectivity index (χ3v) is 3.24. The van der Waals surface area contributed by atoms with E-state index < -0.39 is 5.60 Å². The molecule has 0 heterocycles. The fourth-order valence-electron chi connectivity index (χ4n) is 0.790. The SMILES string of the molecule is C#CCOC(C)(C)C(Br)C(C)=O. The minimum absolute atomic E-state index is 0.0389. The van der Waals surface area contributed by atoms with Crippen LogP contribution in [-0.2, 0) is 9.53 Å². The van der Waals surface area contributed by atoms with Gasteiger partial charge in [0, 0.05) is 0 Å². The van der Waals surface area contributed by atoms with E-state index >= 15 is 0 Å². The molecule has 0 fully saturated rings. The maximum atomic E-state index is 11.0. The van der Waals surface area contributed by atoms with Crippen molar-refractivity contribution in [2.24, 2.45) is 0 Å². The average molecular weight is 233 g/mol. The minimum atomic E-state index is -0.543. The van der Waals surface area contributed by atoms with Gasteiger partial charge in [0.2, 0.25) is 0 Å². The highest BCUT2D eigenvalue weighted by molar-refractivity contribution is 9.10. The molecule has 0 saturated heterocycles. The zero-order chi connectivity index (χ0) is 9.78. The van der Waals surface area contributed by atoms with Gasteiger partial charge in [0.25, 0.3) is 0 Å². The van der Waals surface area contributed by atoms with Gasteiger partial charge in [-0.1, -0.05) is 21.9 Å². The summed E-state index contributed by atoms with van der Waals surface area (Å²) in [5.41, 5.74) is -0.543. The van der Waals surface area contributed by atoms with Gasteiger partial charge in [-0.15, -0.1) is 6.42 Å². The van der Waals surface area contributed by atoms with Gasteiger partial charge >= 0.3 is 0 Å². The standard InChI is InChI=1S/C9H13BrO2/c1-5-6-12-9(3,4)8(10)7(2)11/h1,8H,6H2,2-4H3. The van der Waals surface area contributed by atoms with Gasteiger partial charge in [0.15, 0.2) is 0 Å². The fraction of sp³-hybridized carbons (Fsp3) is 0.667. The molecule has 0 aromatic rings. The Kier molecular flexibility index (Phi) is 4.51. The molecule has 1 atom stereocenters. The van der Waals surface area contributed by atoms with Crippen LogP contribution in [0.2, 0.25) is 0 Å². The van der Waals surface area contributed by atoms with Gasteiger partial charge < -0.3 is 4.74 Å². The van der Waals surface area contributed by atoms with Crippen LogP contribution in [0.3, 0.4) is 0 Å². The molecule has 0 aliphatic carbocycles. The molecular formula is C9H13BrO2. The highest BCUT2D eigenvalue weighted by Crippen LogP contribution is 2.22. The number of ether oxygens (including phenoxy) is 1. The highest BCUT2D eigenvalue weighted by Gasteiger charge is 2.31. The Morgan fingerprint density at radius 2 is 2.25 bits per heavy atom. The smallest absolute Gasteiger partial charge is 0.146 e. The van der Waals surface area contributed by atoms with Crippen LogP contribution < -0.4 is 0 Å². The predicted molar refractivity (Wildman–Crippen MR) is 52.3 cm³/mol. The molecule has 1 unspecified atom stereocenters. The fourth-order valence-corrected chi connectivity index (χ4v) is 0.923. The van der Waals surface area contributed by atoms with Crippen LogP contribution in [-0.4, -0.2) is 22.8 Å². The van der Waals surface area contributed by atoms with Gasteiger partial charge in [-0.2, -0.15) is 0 Å². The van der Waals surface area contributed by atoms with Gasteiger partial charge in [-0.25, -0.2) is 0 Å². The summed E-state index contributed by atoms with van der Waals surface area (Å²) in [7, 11) is 0. The number of hydrogen-bond acceptors (Lipinski definition) is 2. The lowest BCUT2D eigenvalue weighted by atomic mass is 10.0. The van der Waals surface area contributed by atoms with Crippen LogP contribution >= 0.6 is 15.9 Å². The molecule has 0 aliphatic heterocycles. The molecule has 0 N–H and O–H groups in total. The second-order valence-corrected chi connectivity index (χ2v) is 3.99. The third kappa shape index (κ3) is 3.38. The first-order chi connectivity index (χ1) is 5.41. The summed E-state index contributed by atoms with van der Waals surface area (Å²) < 4.78 is 5.30. The Morgan fingerprint density at radius 3 is 2.58 bits per heavy atom. The minimum Gasteiger partial charge on any atom is -0.361 e. The van der Waals surface area contributed by atoms with Crippen molar-refractivity contribution in [2.45, 2.75) is 31.2 Å². The van der Waals surface area contributed by atoms with Crippen molar-refractivity contribution in [3.8, 4) is 12.3 Å². The average Bonchev–Trinajstić information content (AvgIpc) is 1.99. The van der Waals surface area contributed by atoms with Crippen LogP contribution in [0.15, 0.2) is 0 Å². The van der Waals surface area contributed by atoms with Crippen molar-refractivity contribution in [3.63, 3.8) is 0 Å². The number of ketones is 1. The van der Waals surface area contributed by atoms with Gasteiger partial charge in [-0.3, -0.25) is 4.79 Å². The first-order valence-electron chi connectivity index (χ1n) is 3.63. The van der Waals surface area contributed by atoms with Crippen LogP contribution in [0, 0.1) is 12.3 Å². The van der Waals surface area contributed by atoms with E-state index in [9.17, 15) is 4.79 Å². The van der Waals surface area contributed by atoms with Crippen molar-refractivity contribution >= 4 is 21.7 Å². The second-order valence-electron chi connectivity index (χ2n) is 3.07. The van der Waals surface area contributed by atoms with Crippen LogP contribution in [0.4, 0.5) is 0 Å². The Labute approximate surface area is 81.8 Å². The lowest BCUT2D eigenvalue weighted by molar-refractivity contribution is -0.121. The molecule has 0 radical (unpaired) electrons. The zero-order valence-electron chi connectivity index (χ0n) is 7.56. The maximum Gasteiger partial charge on any atom is 0.146 e. The van der Waals surface area contributed by atoms with Gasteiger partial charge in [0.1, 0.15) is 17.2 Å². The molecule has 0 aliphatic rings. The maximum absolute atomic E-state index is 11.0. The van der Waals surface area contributed by atoms with Crippen LogP contribution in [0.5, 0.6) is 0 Å². The first kappa shape index (κ1) is 11.7. The molecule has 0 spiro atoms. The molecule has 3 heteroatoms. The highest BCUT2D eigenvalue weighted by atomic mass is 79.9. The molecular weight excluding hydrogens is 220 g/mol. The van der Waals surface area contributed by atoms with E-state index in [2.05, 4.69) is 21.9 Å². The lowest BCUT2D eigenvalue weighted by Gasteiger charge is -2.27. The van der Waals surface area contributed by atoms with E-state index in [1.54, 1.807) is 0 Å². The third-order valence-electron chi connectivity index (χ3n) is 1.49. The summed E-state index contributed by atoms with van der Waals surface area (Å²) >= 11 is 3.25. The summed E-state index contributed by atoms with van der Waals surface area (Å²) in [6, 6.07) is 0. The van der Waals surface area contributed by atoms with E-state index in [-0.39, 0.29) is 17.2 Å². The van der Waals surface area contributed by atoms with Gasteiger partial charge in [0.05, 0.1) is 5.60 Å². The van der Waals surface area contributed by atoms with E-state index in [1.807, 2.05) is 13.8 Å². The summed E-state index contributed by atoms with van der Waals surface area (Å²) in [4.78, 5) is 10.7. The lowest BCUT2D eigenvalue weighted by Crippen LogP contribution is -2.39. The number of Topliss-reactive ketones (excluding diaryl/α,β-unsaturated/α-hetero) is 1. The Bertz CT molecular complexity index is 203. The van der Waals surface area contributed by atoms with Crippen molar-refractivity contribution < 1.29 is 9.53 Å². The Morgan fingerprint density at radius 1 is 1.75 bits per heavy atom. The van der Waals surface area contributed by atoms with E-state index in [0.29, 0.717) is 0 Å². The van der Waals surface area contributed by atoms with Gasteiger partial charge in [-0.05, 0) is 20.8 Å². The van der Waals surface area contributed by atoms with Crippen molar-refractivity contribution in [1.29, 1.82) is 0 Å². The molecule has 68 valence electrons. The second kappa shape index (κ2) is 4.64. The Balaban J connectivity index is 4.20. The van der Waals surface area contributed by atoms with E-state index in [0.717, 1.165) is 0 Å². The molecule has 0 aromatic heterocycles. The van der Waals surface area contributed by atoms with Crippen LogP contribution in [0.1, 0.15) is 20.8 Å². The summed E-state index contributed by atoms with van der Waals surface area (Å²) in [5.74, 6) is 2.40. The number of terminal acetylenes is 1. The first-order valence-corrected chi connectivity index (χ1v) is 4.55. The zero-order valence-corrected chi connectivity index (χ0v) is 9.14. The normalized spacial score (nSPS) is 13.6.